The summed E-state index contributed by atoms with van der Waals surface area (Å²) in [5.74, 6) is 0.589. The minimum Gasteiger partial charge on any atom is -0.338 e. The Morgan fingerprint density at radius 3 is 2.96 bits per heavy atom. The van der Waals surface area contributed by atoms with Gasteiger partial charge in [0.15, 0.2) is 5.69 Å². The smallest absolute Gasteiger partial charge is 0.275 e. The number of nitrogens with one attached hydrogen (secondary N) is 2. The van der Waals surface area contributed by atoms with E-state index < -0.39 is 0 Å². The average Bonchev–Trinajstić information content (AvgIpc) is 3.10. The van der Waals surface area contributed by atoms with Crippen LogP contribution in [-0.4, -0.2) is 71.1 Å². The molecule has 4 rings (SSSR count). The van der Waals surface area contributed by atoms with Gasteiger partial charge in [-0.25, -0.2) is 0 Å². The molecule has 2 aliphatic heterocycles. The fourth-order valence-corrected chi connectivity index (χ4v) is 4.33. The highest BCUT2D eigenvalue weighted by Crippen LogP contribution is 2.32. The predicted molar refractivity (Wildman–Crippen MR) is 106 cm³/mol. The summed E-state index contributed by atoms with van der Waals surface area (Å²) in [6, 6.07) is 7.96. The summed E-state index contributed by atoms with van der Waals surface area (Å²) in [7, 11) is 1.90. The summed E-state index contributed by atoms with van der Waals surface area (Å²) in [5.41, 5.74) is 1.38. The molecule has 0 spiro atoms. The normalized spacial score (nSPS) is 22.5. The van der Waals surface area contributed by atoms with Gasteiger partial charge in [0, 0.05) is 44.0 Å². The summed E-state index contributed by atoms with van der Waals surface area (Å²) < 4.78 is 0. The number of aromatic nitrogens is 2. The molecule has 2 N–H and O–H groups in total. The van der Waals surface area contributed by atoms with Crippen molar-refractivity contribution in [3.8, 4) is 0 Å². The van der Waals surface area contributed by atoms with Crippen LogP contribution in [0.1, 0.15) is 29.8 Å². The van der Waals surface area contributed by atoms with Gasteiger partial charge in [0.1, 0.15) is 0 Å². The van der Waals surface area contributed by atoms with Crippen LogP contribution in [0.2, 0.25) is 0 Å². The molecule has 0 saturated carbocycles. The van der Waals surface area contributed by atoms with Crippen LogP contribution in [0.25, 0.3) is 10.9 Å². The number of likely N-dealkylation sites (N-methyl/N-ethyl adjacent to an activating group) is 1. The standard InChI is InChI=1S/C19H25N5O2.ClH/c1-20-9-11-24-16-8-10-23(12-13(16)6-7-17(24)25)19(26)18-14-4-2-3-5-15(14)21-22-18;/h2-5,13,16,20H,6-12H2,1H3,(H,21,22);1H/t13-,16+;/m0./s1. The van der Waals surface area contributed by atoms with E-state index in [9.17, 15) is 9.59 Å². The van der Waals surface area contributed by atoms with E-state index in [1.54, 1.807) is 0 Å². The Bertz CT molecular complexity index is 823. The van der Waals surface area contributed by atoms with Crippen molar-refractivity contribution < 1.29 is 9.59 Å². The largest absolute Gasteiger partial charge is 0.338 e. The first-order valence-electron chi connectivity index (χ1n) is 9.35. The summed E-state index contributed by atoms with van der Waals surface area (Å²) in [6.45, 7) is 2.92. The third-order valence-electron chi connectivity index (χ3n) is 5.71. The van der Waals surface area contributed by atoms with Crippen molar-refractivity contribution in [3.05, 3.63) is 30.0 Å². The minimum absolute atomic E-state index is 0. The third-order valence-corrected chi connectivity index (χ3v) is 5.71. The minimum atomic E-state index is -0.0143. The number of amides is 2. The maximum absolute atomic E-state index is 13.0. The van der Waals surface area contributed by atoms with Crippen molar-refractivity contribution in [2.45, 2.75) is 25.3 Å². The molecule has 0 unspecified atom stereocenters. The van der Waals surface area contributed by atoms with Crippen molar-refractivity contribution >= 4 is 35.1 Å². The Morgan fingerprint density at radius 1 is 1.33 bits per heavy atom. The van der Waals surface area contributed by atoms with Gasteiger partial charge in [-0.2, -0.15) is 5.10 Å². The molecular weight excluding hydrogens is 366 g/mol. The van der Waals surface area contributed by atoms with Crippen LogP contribution in [0, 0.1) is 5.92 Å². The molecule has 2 aliphatic rings. The summed E-state index contributed by atoms with van der Waals surface area (Å²) in [6.07, 6.45) is 2.29. The third kappa shape index (κ3) is 3.66. The molecule has 27 heavy (non-hydrogen) atoms. The Balaban J connectivity index is 0.00000210. The van der Waals surface area contributed by atoms with Crippen LogP contribution in [0.3, 0.4) is 0 Å². The van der Waals surface area contributed by atoms with Gasteiger partial charge in [-0.15, -0.1) is 12.4 Å². The summed E-state index contributed by atoms with van der Waals surface area (Å²) >= 11 is 0. The van der Waals surface area contributed by atoms with Crippen molar-refractivity contribution in [1.29, 1.82) is 0 Å². The molecule has 1 aromatic carbocycles. The molecule has 2 fully saturated rings. The van der Waals surface area contributed by atoms with Crippen molar-refractivity contribution in [1.82, 2.24) is 25.3 Å². The highest BCUT2D eigenvalue weighted by Gasteiger charge is 2.40. The summed E-state index contributed by atoms with van der Waals surface area (Å²) in [5, 5.41) is 11.2. The van der Waals surface area contributed by atoms with E-state index in [4.69, 9.17) is 0 Å². The van der Waals surface area contributed by atoms with Crippen LogP contribution >= 0.6 is 12.4 Å². The quantitative estimate of drug-likeness (QED) is 0.830. The first-order chi connectivity index (χ1) is 12.7. The van der Waals surface area contributed by atoms with E-state index in [1.807, 2.05) is 41.1 Å². The lowest BCUT2D eigenvalue weighted by atomic mass is 9.83. The Kier molecular flexibility index (Phi) is 6.01. The SMILES string of the molecule is CNCCN1C(=O)CC[C@H]2CN(C(=O)c3n[nH]c4ccccc34)CC[C@H]21.Cl. The van der Waals surface area contributed by atoms with Crippen LogP contribution in [-0.2, 0) is 4.79 Å². The summed E-state index contributed by atoms with van der Waals surface area (Å²) in [4.78, 5) is 29.3. The van der Waals surface area contributed by atoms with Crippen LogP contribution in [0.5, 0.6) is 0 Å². The number of fused-ring (bicyclic) bond motifs is 2. The molecule has 2 aromatic rings. The monoisotopic (exact) mass is 391 g/mol. The number of aromatic amines is 1. The highest BCUT2D eigenvalue weighted by atomic mass is 35.5. The van der Waals surface area contributed by atoms with Crippen molar-refractivity contribution in [3.63, 3.8) is 0 Å². The lowest BCUT2D eigenvalue weighted by Gasteiger charge is -2.47. The topological polar surface area (TPSA) is 81.3 Å². The number of carbonyl (C=O) groups is 2. The first kappa shape index (κ1) is 19.6. The van der Waals surface area contributed by atoms with Gasteiger partial charge in [-0.3, -0.25) is 14.7 Å². The Morgan fingerprint density at radius 2 is 2.15 bits per heavy atom. The Labute approximate surface area is 164 Å². The molecule has 1 aromatic heterocycles. The van der Waals surface area contributed by atoms with Crippen molar-refractivity contribution in [2.75, 3.05) is 33.2 Å². The van der Waals surface area contributed by atoms with E-state index in [0.717, 1.165) is 36.8 Å². The molecule has 0 radical (unpaired) electrons. The molecule has 0 aliphatic carbocycles. The molecule has 0 bridgehead atoms. The number of halogens is 1. The number of carbonyl (C=O) groups excluding carboxylic acids is 2. The number of H-pyrrole nitrogens is 1. The van der Waals surface area contributed by atoms with Crippen LogP contribution in [0.15, 0.2) is 24.3 Å². The number of benzene rings is 1. The number of likely N-dealkylation sites (tertiary alicyclic amines) is 2. The second kappa shape index (κ2) is 8.27. The second-order valence-electron chi connectivity index (χ2n) is 7.21. The molecule has 3 heterocycles. The van der Waals surface area contributed by atoms with E-state index in [0.29, 0.717) is 31.1 Å². The molecule has 146 valence electrons. The maximum atomic E-state index is 13.0. The number of nitrogens with zero attached hydrogens (tertiary/aromatic N) is 3. The maximum Gasteiger partial charge on any atom is 0.275 e. The molecule has 8 heteroatoms. The number of hydrogen-bond acceptors (Lipinski definition) is 4. The number of para-hydroxylation sites is 1. The van der Waals surface area contributed by atoms with Gasteiger partial charge < -0.3 is 15.1 Å². The van der Waals surface area contributed by atoms with Gasteiger partial charge in [0.05, 0.1) is 5.52 Å². The van der Waals surface area contributed by atoms with Crippen molar-refractivity contribution in [2.24, 2.45) is 5.92 Å². The van der Waals surface area contributed by atoms with E-state index in [1.165, 1.54) is 0 Å². The lowest BCUT2D eigenvalue weighted by molar-refractivity contribution is -0.140. The molecule has 2 saturated heterocycles. The predicted octanol–water partition coefficient (Wildman–Crippen LogP) is 1.66. The van der Waals surface area contributed by atoms with Crippen LogP contribution < -0.4 is 5.32 Å². The first-order valence-corrected chi connectivity index (χ1v) is 9.35. The zero-order valence-corrected chi connectivity index (χ0v) is 16.3. The fraction of sp³-hybridized carbons (Fsp3) is 0.526. The fourth-order valence-electron chi connectivity index (χ4n) is 4.33. The van der Waals surface area contributed by atoms with Crippen LogP contribution in [0.4, 0.5) is 0 Å². The molecular formula is C19H26ClN5O2. The van der Waals surface area contributed by atoms with E-state index >= 15 is 0 Å². The highest BCUT2D eigenvalue weighted by molar-refractivity contribution is 6.04. The number of hydrogen-bond donors (Lipinski definition) is 2. The van der Waals surface area contributed by atoms with Gasteiger partial charge >= 0.3 is 0 Å². The molecule has 7 nitrogen and oxygen atoms in total. The van der Waals surface area contributed by atoms with E-state index in [2.05, 4.69) is 15.5 Å². The zero-order valence-electron chi connectivity index (χ0n) is 15.5. The molecule has 2 amide bonds. The number of rotatable bonds is 4. The number of piperidine rings is 2. The zero-order chi connectivity index (χ0) is 18.1. The van der Waals surface area contributed by atoms with Gasteiger partial charge in [-0.05, 0) is 31.9 Å². The van der Waals surface area contributed by atoms with Gasteiger partial charge in [0.25, 0.3) is 5.91 Å². The van der Waals surface area contributed by atoms with Gasteiger partial charge in [-0.1, -0.05) is 18.2 Å². The average molecular weight is 392 g/mol. The van der Waals surface area contributed by atoms with E-state index in [-0.39, 0.29) is 30.3 Å². The van der Waals surface area contributed by atoms with Gasteiger partial charge in [0.2, 0.25) is 5.91 Å². The second-order valence-corrected chi connectivity index (χ2v) is 7.21. The lowest BCUT2D eigenvalue weighted by Crippen LogP contribution is -2.57. The Hall–Kier alpha value is -2.12. The molecule has 2 atom stereocenters.